The van der Waals surface area contributed by atoms with E-state index in [2.05, 4.69) is 0 Å². The van der Waals surface area contributed by atoms with Crippen LogP contribution in [-0.4, -0.2) is 30.0 Å². The Balaban J connectivity index is 2.09. The summed E-state index contributed by atoms with van der Waals surface area (Å²) in [6.45, 7) is 0.707. The molecule has 1 aromatic rings. The molecule has 1 saturated heterocycles. The molecule has 0 bridgehead atoms. The molecule has 0 radical (unpaired) electrons. The SMILES string of the molecule is N=C(N)c1cc(F)cc(CN2CCCC(C(F)(F)F)C2)c1. The molecule has 1 aliphatic rings. The molecule has 1 aliphatic heterocycles. The highest BCUT2D eigenvalue weighted by Gasteiger charge is 2.41. The molecule has 1 heterocycles. The van der Waals surface area contributed by atoms with E-state index in [0.29, 0.717) is 18.5 Å². The number of nitrogens with zero attached hydrogens (tertiary/aromatic N) is 1. The number of piperidine rings is 1. The minimum absolute atomic E-state index is 0.0740. The van der Waals surface area contributed by atoms with Crippen LogP contribution in [0.5, 0.6) is 0 Å². The third kappa shape index (κ3) is 4.17. The molecule has 0 aromatic heterocycles. The Hall–Kier alpha value is -1.63. The molecule has 0 spiro atoms. The Labute approximate surface area is 120 Å². The van der Waals surface area contributed by atoms with Crippen LogP contribution < -0.4 is 5.73 Å². The largest absolute Gasteiger partial charge is 0.393 e. The maximum absolute atomic E-state index is 13.5. The molecule has 1 fully saturated rings. The Morgan fingerprint density at radius 3 is 2.67 bits per heavy atom. The molecular formula is C14H17F4N3. The smallest absolute Gasteiger partial charge is 0.384 e. The van der Waals surface area contributed by atoms with E-state index in [4.69, 9.17) is 11.1 Å². The second kappa shape index (κ2) is 6.01. The lowest BCUT2D eigenvalue weighted by Crippen LogP contribution is -2.41. The number of hydrogen-bond donors (Lipinski definition) is 2. The number of likely N-dealkylation sites (tertiary alicyclic amines) is 1. The molecule has 3 N–H and O–H groups in total. The number of benzene rings is 1. The number of nitrogens with one attached hydrogen (secondary N) is 1. The molecule has 2 rings (SSSR count). The van der Waals surface area contributed by atoms with Crippen molar-refractivity contribution >= 4 is 5.84 Å². The van der Waals surface area contributed by atoms with E-state index in [1.165, 1.54) is 6.07 Å². The van der Waals surface area contributed by atoms with Crippen molar-refractivity contribution in [2.24, 2.45) is 11.7 Å². The van der Waals surface area contributed by atoms with Crippen molar-refractivity contribution in [3.8, 4) is 0 Å². The van der Waals surface area contributed by atoms with Gasteiger partial charge in [0, 0.05) is 18.7 Å². The van der Waals surface area contributed by atoms with Crippen LogP contribution >= 0.6 is 0 Å². The van der Waals surface area contributed by atoms with Gasteiger partial charge >= 0.3 is 6.18 Å². The van der Waals surface area contributed by atoms with Gasteiger partial charge in [-0.25, -0.2) is 4.39 Å². The minimum atomic E-state index is -4.19. The number of nitrogens with two attached hydrogens (primary N) is 1. The summed E-state index contributed by atoms with van der Waals surface area (Å²) >= 11 is 0. The van der Waals surface area contributed by atoms with Gasteiger partial charge in [0.1, 0.15) is 11.7 Å². The van der Waals surface area contributed by atoms with Crippen molar-refractivity contribution in [2.75, 3.05) is 13.1 Å². The predicted molar refractivity (Wildman–Crippen MR) is 71.5 cm³/mol. The lowest BCUT2D eigenvalue weighted by molar-refractivity contribution is -0.187. The quantitative estimate of drug-likeness (QED) is 0.512. The highest BCUT2D eigenvalue weighted by Crippen LogP contribution is 2.33. The zero-order valence-electron chi connectivity index (χ0n) is 11.4. The first kappa shape index (κ1) is 15.8. The van der Waals surface area contributed by atoms with Crippen molar-refractivity contribution in [3.63, 3.8) is 0 Å². The van der Waals surface area contributed by atoms with Gasteiger partial charge in [-0.05, 0) is 43.1 Å². The molecule has 7 heteroatoms. The predicted octanol–water partition coefficient (Wildman–Crippen LogP) is 2.88. The van der Waals surface area contributed by atoms with E-state index < -0.39 is 17.9 Å². The average molecular weight is 303 g/mol. The standard InChI is InChI=1S/C14H17F4N3/c15-12-5-9(4-10(6-12)13(19)20)7-21-3-1-2-11(8-21)14(16,17)18/h4-6,11H,1-3,7-8H2,(H3,19,20). The van der Waals surface area contributed by atoms with Gasteiger partial charge in [-0.3, -0.25) is 10.3 Å². The van der Waals surface area contributed by atoms with Gasteiger partial charge in [0.15, 0.2) is 0 Å². The van der Waals surface area contributed by atoms with Crippen molar-refractivity contribution in [2.45, 2.75) is 25.6 Å². The maximum Gasteiger partial charge on any atom is 0.393 e. The van der Waals surface area contributed by atoms with Gasteiger partial charge in [-0.15, -0.1) is 0 Å². The number of alkyl halides is 3. The van der Waals surface area contributed by atoms with Gasteiger partial charge in [-0.1, -0.05) is 0 Å². The molecular weight excluding hydrogens is 286 g/mol. The second-order valence-corrected chi connectivity index (χ2v) is 5.38. The summed E-state index contributed by atoms with van der Waals surface area (Å²) in [4.78, 5) is 1.67. The van der Waals surface area contributed by atoms with Gasteiger partial charge in [-0.2, -0.15) is 13.2 Å². The normalized spacial score (nSPS) is 20.5. The van der Waals surface area contributed by atoms with E-state index in [-0.39, 0.29) is 30.9 Å². The molecule has 0 amide bonds. The molecule has 116 valence electrons. The first-order valence-corrected chi connectivity index (χ1v) is 6.68. The monoisotopic (exact) mass is 303 g/mol. The molecule has 0 saturated carbocycles. The topological polar surface area (TPSA) is 53.1 Å². The highest BCUT2D eigenvalue weighted by atomic mass is 19.4. The maximum atomic E-state index is 13.5. The van der Waals surface area contributed by atoms with Crippen LogP contribution in [0.15, 0.2) is 18.2 Å². The van der Waals surface area contributed by atoms with Gasteiger partial charge < -0.3 is 5.73 Å². The summed E-state index contributed by atoms with van der Waals surface area (Å²) in [7, 11) is 0. The molecule has 0 aliphatic carbocycles. The van der Waals surface area contributed by atoms with Gasteiger partial charge in [0.05, 0.1) is 5.92 Å². The van der Waals surface area contributed by atoms with Crippen LogP contribution in [0.3, 0.4) is 0 Å². The van der Waals surface area contributed by atoms with E-state index in [9.17, 15) is 17.6 Å². The lowest BCUT2D eigenvalue weighted by atomic mass is 9.97. The fraction of sp³-hybridized carbons (Fsp3) is 0.500. The fourth-order valence-corrected chi connectivity index (χ4v) is 2.62. The zero-order chi connectivity index (χ0) is 15.6. The van der Waals surface area contributed by atoms with Crippen LogP contribution in [-0.2, 0) is 6.54 Å². The molecule has 1 unspecified atom stereocenters. The minimum Gasteiger partial charge on any atom is -0.384 e. The Morgan fingerprint density at radius 1 is 1.33 bits per heavy atom. The number of halogens is 4. The Bertz CT molecular complexity index is 527. The van der Waals surface area contributed by atoms with Crippen molar-refractivity contribution in [1.29, 1.82) is 5.41 Å². The first-order chi connectivity index (χ1) is 9.75. The van der Waals surface area contributed by atoms with Crippen LogP contribution in [0.4, 0.5) is 17.6 Å². The first-order valence-electron chi connectivity index (χ1n) is 6.68. The van der Waals surface area contributed by atoms with Crippen LogP contribution in [0.2, 0.25) is 0 Å². The summed E-state index contributed by atoms with van der Waals surface area (Å²) in [6, 6.07) is 3.95. The van der Waals surface area contributed by atoms with E-state index in [1.807, 2.05) is 0 Å². The van der Waals surface area contributed by atoms with Gasteiger partial charge in [0.25, 0.3) is 0 Å². The lowest BCUT2D eigenvalue weighted by Gasteiger charge is -2.33. The summed E-state index contributed by atoms with van der Waals surface area (Å²) in [5, 5.41) is 7.31. The molecule has 1 atom stereocenters. The third-order valence-electron chi connectivity index (χ3n) is 3.64. The van der Waals surface area contributed by atoms with Crippen LogP contribution in [0, 0.1) is 17.1 Å². The fourth-order valence-electron chi connectivity index (χ4n) is 2.62. The number of hydrogen-bond acceptors (Lipinski definition) is 2. The van der Waals surface area contributed by atoms with E-state index in [1.54, 1.807) is 11.0 Å². The zero-order valence-corrected chi connectivity index (χ0v) is 11.4. The molecule has 3 nitrogen and oxygen atoms in total. The molecule has 1 aromatic carbocycles. The number of amidine groups is 1. The summed E-state index contributed by atoms with van der Waals surface area (Å²) in [6.07, 6.45) is -3.58. The Kier molecular flexibility index (Phi) is 4.51. The number of nitrogen functional groups attached to an aromatic ring is 1. The second-order valence-electron chi connectivity index (χ2n) is 5.38. The highest BCUT2D eigenvalue weighted by molar-refractivity contribution is 5.95. The molecule has 21 heavy (non-hydrogen) atoms. The summed E-state index contributed by atoms with van der Waals surface area (Å²) < 4.78 is 51.7. The van der Waals surface area contributed by atoms with Gasteiger partial charge in [0.2, 0.25) is 0 Å². The third-order valence-corrected chi connectivity index (χ3v) is 3.64. The van der Waals surface area contributed by atoms with Crippen LogP contribution in [0.1, 0.15) is 24.0 Å². The van der Waals surface area contributed by atoms with E-state index >= 15 is 0 Å². The van der Waals surface area contributed by atoms with Crippen molar-refractivity contribution in [3.05, 3.63) is 35.1 Å². The average Bonchev–Trinajstić information content (AvgIpc) is 2.37. The number of rotatable bonds is 3. The van der Waals surface area contributed by atoms with E-state index in [0.717, 1.165) is 6.07 Å². The van der Waals surface area contributed by atoms with Crippen molar-refractivity contribution in [1.82, 2.24) is 4.90 Å². The van der Waals surface area contributed by atoms with Crippen molar-refractivity contribution < 1.29 is 17.6 Å². The Morgan fingerprint density at radius 2 is 2.05 bits per heavy atom. The summed E-state index contributed by atoms with van der Waals surface area (Å²) in [5.74, 6) is -2.13. The van der Waals surface area contributed by atoms with Crippen LogP contribution in [0.25, 0.3) is 0 Å². The summed E-state index contributed by atoms with van der Waals surface area (Å²) in [5.41, 5.74) is 6.09.